The van der Waals surface area contributed by atoms with Crippen molar-refractivity contribution in [1.29, 1.82) is 0 Å². The van der Waals surface area contributed by atoms with E-state index in [9.17, 15) is 15.0 Å². The van der Waals surface area contributed by atoms with E-state index in [4.69, 9.17) is 14.0 Å². The molecule has 1 aromatic heterocycles. The van der Waals surface area contributed by atoms with E-state index in [-0.39, 0.29) is 29.2 Å². The highest BCUT2D eigenvalue weighted by atomic mass is 16.5. The molecule has 10 heteroatoms. The van der Waals surface area contributed by atoms with Gasteiger partial charge in [-0.3, -0.25) is 15.1 Å². The zero-order valence-corrected chi connectivity index (χ0v) is 25.0. The number of rotatable bonds is 11. The Morgan fingerprint density at radius 3 is 2.47 bits per heavy atom. The van der Waals surface area contributed by atoms with Gasteiger partial charge in [0, 0.05) is 35.9 Å². The molecule has 1 aliphatic rings. The lowest BCUT2D eigenvalue weighted by molar-refractivity contribution is -0.117. The molecule has 0 atom stereocenters. The zero-order valence-electron chi connectivity index (χ0n) is 25.0. The first kappa shape index (κ1) is 29.7. The smallest absolute Gasteiger partial charge is 0.239 e. The molecule has 0 bridgehead atoms. The third-order valence-electron chi connectivity index (χ3n) is 7.36. The van der Waals surface area contributed by atoms with Crippen LogP contribution in [0.25, 0.3) is 33.5 Å². The van der Waals surface area contributed by atoms with Gasteiger partial charge in [0.15, 0.2) is 0 Å². The van der Waals surface area contributed by atoms with E-state index in [0.29, 0.717) is 57.3 Å². The van der Waals surface area contributed by atoms with Crippen LogP contribution in [0.5, 0.6) is 23.0 Å². The number of carbonyl (C=O) groups excluding carboxylic acids is 1. The number of phenolic OH excluding ortho intramolecular Hbond substituents is 2. The van der Waals surface area contributed by atoms with Crippen molar-refractivity contribution in [2.45, 2.75) is 26.7 Å². The number of hydrogen-bond donors (Lipinski definition) is 3. The van der Waals surface area contributed by atoms with Crippen molar-refractivity contribution in [3.8, 4) is 56.5 Å². The summed E-state index contributed by atoms with van der Waals surface area (Å²) in [5.41, 5.74) is 4.44. The van der Waals surface area contributed by atoms with Crippen molar-refractivity contribution in [2.24, 2.45) is 10.9 Å². The summed E-state index contributed by atoms with van der Waals surface area (Å²) in [6, 6.07) is 13.9. The molecular formula is C33H36N4O6. The Hall–Kier alpha value is -4.83. The molecule has 5 rings (SSSR count). The summed E-state index contributed by atoms with van der Waals surface area (Å²) in [4.78, 5) is 19.3. The number of nitrogens with one attached hydrogen (secondary N) is 1. The van der Waals surface area contributed by atoms with Crippen molar-refractivity contribution in [2.75, 3.05) is 39.7 Å². The van der Waals surface area contributed by atoms with Crippen LogP contribution in [0.2, 0.25) is 0 Å². The van der Waals surface area contributed by atoms with Gasteiger partial charge in [0.2, 0.25) is 11.8 Å². The lowest BCUT2D eigenvalue weighted by Gasteiger charge is -2.17. The Morgan fingerprint density at radius 2 is 1.81 bits per heavy atom. The van der Waals surface area contributed by atoms with Gasteiger partial charge < -0.3 is 29.1 Å². The van der Waals surface area contributed by atoms with Crippen LogP contribution >= 0.6 is 0 Å². The molecule has 1 saturated carbocycles. The third-order valence-corrected chi connectivity index (χ3v) is 7.36. The fraction of sp³-hybridized carbons (Fsp3) is 0.303. The van der Waals surface area contributed by atoms with E-state index in [0.717, 1.165) is 24.9 Å². The third kappa shape index (κ3) is 6.34. The van der Waals surface area contributed by atoms with E-state index < -0.39 is 0 Å². The van der Waals surface area contributed by atoms with Crippen molar-refractivity contribution < 1.29 is 29.0 Å². The van der Waals surface area contributed by atoms with Gasteiger partial charge in [0.25, 0.3) is 0 Å². The minimum atomic E-state index is -0.197. The highest BCUT2D eigenvalue weighted by Gasteiger charge is 2.32. The average molecular weight is 585 g/mol. The maximum Gasteiger partial charge on any atom is 0.239 e. The molecule has 0 saturated heterocycles. The summed E-state index contributed by atoms with van der Waals surface area (Å²) in [7, 11) is 5.54. The lowest BCUT2D eigenvalue weighted by Crippen LogP contribution is -2.19. The number of aliphatic imine (C=N–C) groups is 1. The highest BCUT2D eigenvalue weighted by Crippen LogP contribution is 2.47. The number of carbonyl (C=O) groups is 1. The molecule has 224 valence electrons. The van der Waals surface area contributed by atoms with Gasteiger partial charge in [0.1, 0.15) is 41.0 Å². The monoisotopic (exact) mass is 584 g/mol. The van der Waals surface area contributed by atoms with Gasteiger partial charge in [0.05, 0.1) is 12.7 Å². The number of methoxy groups -OCH3 is 1. The molecule has 0 radical (unpaired) electrons. The van der Waals surface area contributed by atoms with E-state index in [1.807, 2.05) is 57.1 Å². The Balaban J connectivity index is 1.61. The van der Waals surface area contributed by atoms with E-state index in [1.54, 1.807) is 31.5 Å². The zero-order chi connectivity index (χ0) is 30.7. The molecule has 0 unspecified atom stereocenters. The fourth-order valence-corrected chi connectivity index (χ4v) is 4.84. The molecule has 1 amide bonds. The van der Waals surface area contributed by atoms with Crippen molar-refractivity contribution in [1.82, 2.24) is 10.1 Å². The molecule has 3 aromatic carbocycles. The van der Waals surface area contributed by atoms with Gasteiger partial charge in [-0.05, 0) is 81.7 Å². The lowest BCUT2D eigenvalue weighted by atomic mass is 9.93. The van der Waals surface area contributed by atoms with Crippen molar-refractivity contribution in [3.63, 3.8) is 0 Å². The van der Waals surface area contributed by atoms with Crippen LogP contribution in [-0.2, 0) is 4.79 Å². The van der Waals surface area contributed by atoms with Crippen LogP contribution in [0.4, 0.5) is 11.6 Å². The summed E-state index contributed by atoms with van der Waals surface area (Å²) in [5, 5.41) is 29.2. The number of nitrogens with zero attached hydrogens (tertiary/aromatic N) is 3. The number of likely N-dealkylation sites (N-methyl/N-ethyl adjacent to an activating group) is 1. The molecule has 10 nitrogen and oxygen atoms in total. The number of hydrogen-bond acceptors (Lipinski definition) is 9. The molecule has 1 fully saturated rings. The van der Waals surface area contributed by atoms with Crippen LogP contribution < -0.4 is 14.8 Å². The molecule has 0 aliphatic heterocycles. The summed E-state index contributed by atoms with van der Waals surface area (Å²) < 4.78 is 17.0. The highest BCUT2D eigenvalue weighted by molar-refractivity contribution is 6.00. The molecule has 0 spiro atoms. The topological polar surface area (TPSA) is 130 Å². The van der Waals surface area contributed by atoms with Gasteiger partial charge in [-0.25, -0.2) is 0 Å². The van der Waals surface area contributed by atoms with E-state index >= 15 is 0 Å². The number of benzene rings is 3. The van der Waals surface area contributed by atoms with Crippen LogP contribution in [0, 0.1) is 12.8 Å². The Bertz CT molecular complexity index is 1660. The molecular weight excluding hydrogens is 548 g/mol. The normalized spacial score (nSPS) is 13.1. The van der Waals surface area contributed by atoms with Crippen molar-refractivity contribution in [3.05, 3.63) is 54.1 Å². The molecule has 43 heavy (non-hydrogen) atoms. The minimum Gasteiger partial charge on any atom is -0.507 e. The number of ether oxygens (including phenoxy) is 2. The molecule has 3 N–H and O–H groups in total. The first-order valence-electron chi connectivity index (χ1n) is 14.1. The van der Waals surface area contributed by atoms with Crippen LogP contribution in [0.3, 0.4) is 0 Å². The number of anilines is 1. The first-order valence-corrected chi connectivity index (χ1v) is 14.1. The summed E-state index contributed by atoms with van der Waals surface area (Å²) in [5.74, 6) is 0.973. The van der Waals surface area contributed by atoms with Crippen LogP contribution in [-0.4, -0.2) is 66.7 Å². The summed E-state index contributed by atoms with van der Waals surface area (Å²) in [6.45, 7) is 4.98. The fourth-order valence-electron chi connectivity index (χ4n) is 4.84. The van der Waals surface area contributed by atoms with Crippen LogP contribution in [0.1, 0.15) is 25.3 Å². The predicted molar refractivity (Wildman–Crippen MR) is 167 cm³/mol. The van der Waals surface area contributed by atoms with Crippen LogP contribution in [0.15, 0.2) is 58.0 Å². The molecule has 1 aliphatic carbocycles. The Morgan fingerprint density at radius 1 is 1.09 bits per heavy atom. The second-order valence-electron chi connectivity index (χ2n) is 10.7. The molecule has 4 aromatic rings. The average Bonchev–Trinajstić information content (AvgIpc) is 3.76. The van der Waals surface area contributed by atoms with E-state index in [1.165, 1.54) is 6.07 Å². The standard InChI is InChI=1S/C33H36N4O6/c1-6-34-30-19(2)23(13-14-28(30)42-16-15-37(3)4)24-17-25(27(39)18-26(24)38)31-29(20-9-11-22(41-5)12-10-20)33(43-36-31)35-32(40)21-7-8-21/h6,9-14,17-18,21,38-39H,7-8,15-16H2,1-5H3,(H,35,40)/b34-6-. The van der Waals surface area contributed by atoms with Gasteiger partial charge in [-0.15, -0.1) is 0 Å². The SMILES string of the molecule is C/C=N\c1c(OCCN(C)C)ccc(-c2cc(-c3noc(NC(=O)C4CC4)c3-c3ccc(OC)cc3)c(O)cc2O)c1C. The van der Waals surface area contributed by atoms with Gasteiger partial charge in [-0.1, -0.05) is 23.4 Å². The minimum absolute atomic E-state index is 0.0521. The summed E-state index contributed by atoms with van der Waals surface area (Å²) >= 11 is 0. The second-order valence-corrected chi connectivity index (χ2v) is 10.7. The first-order chi connectivity index (χ1) is 20.7. The maximum absolute atomic E-state index is 12.7. The second kappa shape index (κ2) is 12.6. The number of aromatic hydroxyl groups is 2. The Labute approximate surface area is 250 Å². The van der Waals surface area contributed by atoms with E-state index in [2.05, 4.69) is 15.5 Å². The quantitative estimate of drug-likeness (QED) is 0.172. The maximum atomic E-state index is 12.7. The van der Waals surface area contributed by atoms with Gasteiger partial charge >= 0.3 is 0 Å². The number of aromatic nitrogens is 1. The van der Waals surface area contributed by atoms with Gasteiger partial charge in [-0.2, -0.15) is 0 Å². The number of amides is 1. The molecule has 1 heterocycles. The predicted octanol–water partition coefficient (Wildman–Crippen LogP) is 6.41. The summed E-state index contributed by atoms with van der Waals surface area (Å²) in [6.07, 6.45) is 3.35. The largest absolute Gasteiger partial charge is 0.507 e. The Kier molecular flexibility index (Phi) is 8.68. The number of phenols is 2. The van der Waals surface area contributed by atoms with Crippen molar-refractivity contribution >= 4 is 23.7 Å².